The average Bonchev–Trinajstić information content (AvgIpc) is 3.05. The Bertz CT molecular complexity index is 833. The second kappa shape index (κ2) is 7.90. The summed E-state index contributed by atoms with van der Waals surface area (Å²) in [5.74, 6) is 0.591. The van der Waals surface area contributed by atoms with Crippen LogP contribution in [0.2, 0.25) is 4.47 Å². The Balaban J connectivity index is 1.83. The molecule has 0 unspecified atom stereocenters. The summed E-state index contributed by atoms with van der Waals surface area (Å²) in [5.41, 5.74) is 0.630. The summed E-state index contributed by atoms with van der Waals surface area (Å²) in [6.07, 6.45) is 4.60. The van der Waals surface area contributed by atoms with Crippen LogP contribution in [0.25, 0.3) is 0 Å². The quantitative estimate of drug-likeness (QED) is 0.800. The molecule has 1 fully saturated rings. The predicted octanol–water partition coefficient (Wildman–Crippen LogP) is 3.59. The summed E-state index contributed by atoms with van der Waals surface area (Å²) in [5, 5.41) is 3.21. The number of methoxy groups -OCH3 is 1. The second-order valence-electron chi connectivity index (χ2n) is 5.76. The molecule has 0 radical (unpaired) electrons. The van der Waals surface area contributed by atoms with Crippen LogP contribution in [0.15, 0.2) is 29.3 Å². The molecule has 0 atom stereocenters. The fraction of sp³-hybridized carbons (Fsp3) is 0.438. The van der Waals surface area contributed by atoms with Crippen molar-refractivity contribution >= 4 is 38.6 Å². The smallest absolute Gasteiger partial charge is 0.243 e. The Kier molecular flexibility index (Phi) is 5.83. The van der Waals surface area contributed by atoms with Crippen LogP contribution in [0.5, 0.6) is 5.75 Å². The molecule has 0 amide bonds. The van der Waals surface area contributed by atoms with Crippen molar-refractivity contribution in [3.8, 4) is 5.75 Å². The lowest BCUT2D eigenvalue weighted by molar-refractivity contribution is 0.346. The van der Waals surface area contributed by atoms with Crippen molar-refractivity contribution in [2.45, 2.75) is 30.7 Å². The van der Waals surface area contributed by atoms with E-state index >= 15 is 0 Å². The second-order valence-corrected chi connectivity index (χ2v) is 9.40. The molecule has 1 aliphatic rings. The van der Waals surface area contributed by atoms with Crippen molar-refractivity contribution in [1.82, 2.24) is 9.29 Å². The summed E-state index contributed by atoms with van der Waals surface area (Å²) >= 11 is 7.22. The zero-order chi connectivity index (χ0) is 17.9. The third-order valence-corrected chi connectivity index (χ3v) is 7.11. The van der Waals surface area contributed by atoms with Gasteiger partial charge < -0.3 is 10.1 Å². The van der Waals surface area contributed by atoms with Gasteiger partial charge in [0.2, 0.25) is 10.0 Å². The number of benzene rings is 1. The molecule has 1 aromatic carbocycles. The molecule has 2 heterocycles. The standard InChI is InChI=1S/C16H20ClN3O3S2/c1-23-15-6-5-13(25(21,22)20-7-3-2-4-8-20)9-14(15)18-10-12-11-19-16(17)24-12/h5-6,9,11,18H,2-4,7-8,10H2,1H3. The molecule has 0 saturated carbocycles. The highest BCUT2D eigenvalue weighted by Crippen LogP contribution is 2.30. The van der Waals surface area contributed by atoms with Crippen LogP contribution >= 0.6 is 22.9 Å². The first-order valence-corrected chi connectivity index (χ1v) is 10.7. The van der Waals surface area contributed by atoms with Gasteiger partial charge in [-0.25, -0.2) is 13.4 Å². The number of piperidine rings is 1. The third kappa shape index (κ3) is 4.25. The van der Waals surface area contributed by atoms with Gasteiger partial charge in [0.1, 0.15) is 5.75 Å². The van der Waals surface area contributed by atoms with Gasteiger partial charge in [-0.05, 0) is 31.0 Å². The minimum absolute atomic E-state index is 0.278. The maximum atomic E-state index is 12.8. The van der Waals surface area contributed by atoms with E-state index in [1.807, 2.05) is 0 Å². The van der Waals surface area contributed by atoms with E-state index in [0.29, 0.717) is 35.5 Å². The molecule has 0 bridgehead atoms. The van der Waals surface area contributed by atoms with Crippen molar-refractivity contribution < 1.29 is 13.2 Å². The van der Waals surface area contributed by atoms with Crippen molar-refractivity contribution in [2.24, 2.45) is 0 Å². The van der Waals surface area contributed by atoms with Gasteiger partial charge in [0.25, 0.3) is 0 Å². The molecular formula is C16H20ClN3O3S2. The summed E-state index contributed by atoms with van der Waals surface area (Å²) < 4.78 is 33.1. The number of halogens is 1. The number of anilines is 1. The predicted molar refractivity (Wildman–Crippen MR) is 100 cm³/mol. The largest absolute Gasteiger partial charge is 0.495 e. The van der Waals surface area contributed by atoms with Crippen LogP contribution in [0.3, 0.4) is 0 Å². The maximum absolute atomic E-state index is 12.8. The van der Waals surface area contributed by atoms with Crippen molar-refractivity contribution in [3.63, 3.8) is 0 Å². The molecular weight excluding hydrogens is 382 g/mol. The summed E-state index contributed by atoms with van der Waals surface area (Å²) in [7, 11) is -1.92. The Hall–Kier alpha value is -1.35. The fourth-order valence-corrected chi connectivity index (χ4v) is 5.25. The molecule has 136 valence electrons. The van der Waals surface area contributed by atoms with Gasteiger partial charge in [0.15, 0.2) is 4.47 Å². The number of rotatable bonds is 6. The van der Waals surface area contributed by atoms with E-state index in [1.165, 1.54) is 11.3 Å². The Morgan fingerprint density at radius 1 is 1.32 bits per heavy atom. The SMILES string of the molecule is COc1ccc(S(=O)(=O)N2CCCCC2)cc1NCc1cnc(Cl)s1. The van der Waals surface area contributed by atoms with Crippen molar-refractivity contribution in [3.05, 3.63) is 33.7 Å². The van der Waals surface area contributed by atoms with E-state index in [-0.39, 0.29) is 4.90 Å². The molecule has 9 heteroatoms. The molecule has 1 N–H and O–H groups in total. The normalized spacial score (nSPS) is 15.9. The average molecular weight is 402 g/mol. The lowest BCUT2D eigenvalue weighted by Gasteiger charge is -2.26. The maximum Gasteiger partial charge on any atom is 0.243 e. The number of aromatic nitrogens is 1. The topological polar surface area (TPSA) is 71.5 Å². The highest BCUT2D eigenvalue weighted by atomic mass is 35.5. The van der Waals surface area contributed by atoms with E-state index in [2.05, 4.69) is 10.3 Å². The van der Waals surface area contributed by atoms with Gasteiger partial charge in [-0.1, -0.05) is 18.0 Å². The summed E-state index contributed by atoms with van der Waals surface area (Å²) in [6, 6.07) is 4.90. The van der Waals surface area contributed by atoms with Crippen molar-refractivity contribution in [2.75, 3.05) is 25.5 Å². The number of hydrogen-bond donors (Lipinski definition) is 1. The molecule has 2 aromatic rings. The van der Waals surface area contributed by atoms with Gasteiger partial charge >= 0.3 is 0 Å². The molecule has 6 nitrogen and oxygen atoms in total. The van der Waals surface area contributed by atoms with Crippen LogP contribution in [0, 0.1) is 0 Å². The number of sulfonamides is 1. The minimum atomic E-state index is -3.48. The minimum Gasteiger partial charge on any atom is -0.495 e. The molecule has 0 spiro atoms. The molecule has 25 heavy (non-hydrogen) atoms. The molecule has 3 rings (SSSR count). The highest BCUT2D eigenvalue weighted by Gasteiger charge is 2.26. The number of nitrogens with zero attached hydrogens (tertiary/aromatic N) is 2. The molecule has 1 aliphatic heterocycles. The highest BCUT2D eigenvalue weighted by molar-refractivity contribution is 7.89. The van der Waals surface area contributed by atoms with Gasteiger partial charge in [0, 0.05) is 24.2 Å². The molecule has 1 aromatic heterocycles. The summed E-state index contributed by atoms with van der Waals surface area (Å²) in [4.78, 5) is 5.23. The van der Waals surface area contributed by atoms with E-state index in [1.54, 1.807) is 35.8 Å². The van der Waals surface area contributed by atoms with Crippen LogP contribution in [0.4, 0.5) is 5.69 Å². The van der Waals surface area contributed by atoms with Crippen LogP contribution in [0.1, 0.15) is 24.1 Å². The van der Waals surface area contributed by atoms with Crippen LogP contribution in [-0.2, 0) is 16.6 Å². The summed E-state index contributed by atoms with van der Waals surface area (Å²) in [6.45, 7) is 1.65. The third-order valence-electron chi connectivity index (χ3n) is 4.10. The first-order valence-electron chi connectivity index (χ1n) is 8.03. The number of hydrogen-bond acceptors (Lipinski definition) is 6. The zero-order valence-corrected chi connectivity index (χ0v) is 16.3. The Morgan fingerprint density at radius 2 is 2.08 bits per heavy atom. The lowest BCUT2D eigenvalue weighted by atomic mass is 10.2. The Labute approximate surface area is 156 Å². The Morgan fingerprint density at radius 3 is 2.72 bits per heavy atom. The van der Waals surface area contributed by atoms with Crippen LogP contribution in [-0.4, -0.2) is 37.9 Å². The van der Waals surface area contributed by atoms with E-state index in [4.69, 9.17) is 16.3 Å². The van der Waals surface area contributed by atoms with E-state index in [9.17, 15) is 8.42 Å². The van der Waals surface area contributed by atoms with Crippen molar-refractivity contribution in [1.29, 1.82) is 0 Å². The van der Waals surface area contributed by atoms with E-state index in [0.717, 1.165) is 24.1 Å². The first-order chi connectivity index (χ1) is 12.0. The van der Waals surface area contributed by atoms with Crippen LogP contribution < -0.4 is 10.1 Å². The number of thiazole rings is 1. The van der Waals surface area contributed by atoms with Gasteiger partial charge in [-0.2, -0.15) is 4.31 Å². The monoisotopic (exact) mass is 401 g/mol. The molecule has 1 saturated heterocycles. The first kappa shape index (κ1) is 18.4. The van der Waals surface area contributed by atoms with Gasteiger partial charge in [-0.15, -0.1) is 11.3 Å². The number of nitrogens with one attached hydrogen (secondary N) is 1. The van der Waals surface area contributed by atoms with Gasteiger partial charge in [0.05, 0.1) is 24.2 Å². The van der Waals surface area contributed by atoms with E-state index < -0.39 is 10.0 Å². The molecule has 0 aliphatic carbocycles. The fourth-order valence-electron chi connectivity index (χ4n) is 2.79. The zero-order valence-electron chi connectivity index (χ0n) is 13.9. The number of ether oxygens (including phenoxy) is 1. The van der Waals surface area contributed by atoms with Gasteiger partial charge in [-0.3, -0.25) is 0 Å². The lowest BCUT2D eigenvalue weighted by Crippen LogP contribution is -2.35.